The van der Waals surface area contributed by atoms with Gasteiger partial charge in [0.25, 0.3) is 0 Å². The highest BCUT2D eigenvalue weighted by Gasteiger charge is 2.37. The molecule has 13 heavy (non-hydrogen) atoms. The monoisotopic (exact) mass is 189 g/mol. The predicted molar refractivity (Wildman–Crippen MR) is 44.2 cm³/mol. The van der Waals surface area contributed by atoms with Gasteiger partial charge in [-0.1, -0.05) is 29.8 Å². The maximum absolute atomic E-state index is 12.1. The summed E-state index contributed by atoms with van der Waals surface area (Å²) in [7, 11) is 0. The molecule has 0 bridgehead atoms. The normalized spacial score (nSPS) is 14.2. The minimum absolute atomic E-state index is 0.104. The molecule has 0 fully saturated rings. The molecule has 1 aromatic rings. The van der Waals surface area contributed by atoms with Gasteiger partial charge in [0.2, 0.25) is 0 Å². The van der Waals surface area contributed by atoms with Crippen molar-refractivity contribution in [2.24, 2.45) is 5.73 Å². The molecule has 0 aromatic heterocycles. The molecule has 1 rings (SSSR count). The second-order valence-electron chi connectivity index (χ2n) is 2.93. The molecule has 0 heterocycles. The fourth-order valence-electron chi connectivity index (χ4n) is 1.05. The van der Waals surface area contributed by atoms with Crippen molar-refractivity contribution >= 4 is 0 Å². The zero-order chi connectivity index (χ0) is 10.1. The molecule has 1 aromatic carbocycles. The Kier molecular flexibility index (Phi) is 2.61. The lowest BCUT2D eigenvalue weighted by molar-refractivity contribution is -0.149. The van der Waals surface area contributed by atoms with Gasteiger partial charge in [0.05, 0.1) is 0 Å². The maximum atomic E-state index is 12.1. The topological polar surface area (TPSA) is 26.0 Å². The van der Waals surface area contributed by atoms with Crippen LogP contribution in [0.2, 0.25) is 0 Å². The van der Waals surface area contributed by atoms with Crippen LogP contribution >= 0.6 is 0 Å². The van der Waals surface area contributed by atoms with Crippen LogP contribution in [0.15, 0.2) is 24.3 Å². The number of alkyl halides is 3. The van der Waals surface area contributed by atoms with Gasteiger partial charge in [-0.3, -0.25) is 0 Å². The van der Waals surface area contributed by atoms with Gasteiger partial charge in [-0.25, -0.2) is 0 Å². The summed E-state index contributed by atoms with van der Waals surface area (Å²) in [5, 5.41) is 0. The Balaban J connectivity index is 2.96. The summed E-state index contributed by atoms with van der Waals surface area (Å²) in [6, 6.07) is 4.24. The Morgan fingerprint density at radius 3 is 2.38 bits per heavy atom. The fourth-order valence-corrected chi connectivity index (χ4v) is 1.05. The molecule has 2 N–H and O–H groups in total. The van der Waals surface area contributed by atoms with E-state index in [-0.39, 0.29) is 5.56 Å². The molecule has 1 atom stereocenters. The zero-order valence-electron chi connectivity index (χ0n) is 7.10. The van der Waals surface area contributed by atoms with Gasteiger partial charge in [-0.15, -0.1) is 0 Å². The van der Waals surface area contributed by atoms with E-state index >= 15 is 0 Å². The van der Waals surface area contributed by atoms with Crippen molar-refractivity contribution < 1.29 is 13.2 Å². The minimum atomic E-state index is -4.37. The Bertz CT molecular complexity index is 293. The first kappa shape index (κ1) is 10.1. The Morgan fingerprint density at radius 1 is 1.31 bits per heavy atom. The van der Waals surface area contributed by atoms with Crippen LogP contribution in [-0.4, -0.2) is 6.18 Å². The van der Waals surface area contributed by atoms with E-state index in [4.69, 9.17) is 5.73 Å². The molecule has 4 heteroatoms. The van der Waals surface area contributed by atoms with Crippen molar-refractivity contribution in [3.63, 3.8) is 0 Å². The third-order valence-electron chi connectivity index (χ3n) is 1.75. The summed E-state index contributed by atoms with van der Waals surface area (Å²) in [5.41, 5.74) is 5.90. The van der Waals surface area contributed by atoms with Crippen molar-refractivity contribution in [3.8, 4) is 0 Å². The third kappa shape index (κ3) is 2.45. The highest BCUT2D eigenvalue weighted by atomic mass is 19.4. The first-order valence-electron chi connectivity index (χ1n) is 3.80. The SMILES string of the molecule is Cc1cccc(C(N)C(F)(F)F)c1. The first-order chi connectivity index (χ1) is 5.91. The lowest BCUT2D eigenvalue weighted by Gasteiger charge is -2.15. The van der Waals surface area contributed by atoms with Gasteiger partial charge >= 0.3 is 6.18 Å². The zero-order valence-corrected chi connectivity index (χ0v) is 7.10. The Labute approximate surface area is 74.4 Å². The second-order valence-corrected chi connectivity index (χ2v) is 2.93. The van der Waals surface area contributed by atoms with E-state index in [1.165, 1.54) is 12.1 Å². The van der Waals surface area contributed by atoms with Gasteiger partial charge in [0.1, 0.15) is 6.04 Å². The molecule has 1 nitrogen and oxygen atoms in total. The van der Waals surface area contributed by atoms with E-state index in [9.17, 15) is 13.2 Å². The van der Waals surface area contributed by atoms with E-state index in [1.54, 1.807) is 19.1 Å². The standard InChI is InChI=1S/C9H10F3N/c1-6-3-2-4-7(5-6)8(13)9(10,11)12/h2-5,8H,13H2,1H3. The number of hydrogen-bond donors (Lipinski definition) is 1. The number of hydrogen-bond acceptors (Lipinski definition) is 1. The van der Waals surface area contributed by atoms with Gasteiger partial charge in [0.15, 0.2) is 0 Å². The molecule has 0 spiro atoms. The Morgan fingerprint density at radius 2 is 1.92 bits per heavy atom. The van der Waals surface area contributed by atoms with Crippen molar-refractivity contribution in [2.45, 2.75) is 19.1 Å². The lowest BCUT2D eigenvalue weighted by Crippen LogP contribution is -2.28. The van der Waals surface area contributed by atoms with Crippen molar-refractivity contribution in [1.82, 2.24) is 0 Å². The number of rotatable bonds is 1. The van der Waals surface area contributed by atoms with E-state index in [1.807, 2.05) is 0 Å². The molecule has 0 radical (unpaired) electrons. The van der Waals surface area contributed by atoms with Crippen LogP contribution in [0.3, 0.4) is 0 Å². The van der Waals surface area contributed by atoms with Crippen molar-refractivity contribution in [2.75, 3.05) is 0 Å². The van der Waals surface area contributed by atoms with Gasteiger partial charge in [-0.2, -0.15) is 13.2 Å². The summed E-state index contributed by atoms with van der Waals surface area (Å²) in [4.78, 5) is 0. The highest BCUT2D eigenvalue weighted by Crippen LogP contribution is 2.30. The van der Waals surface area contributed by atoms with Crippen molar-refractivity contribution in [3.05, 3.63) is 35.4 Å². The molecule has 0 aliphatic carbocycles. The smallest absolute Gasteiger partial charge is 0.316 e. The quantitative estimate of drug-likeness (QED) is 0.721. The van der Waals surface area contributed by atoms with E-state index in [0.717, 1.165) is 5.56 Å². The molecule has 0 saturated heterocycles. The van der Waals surface area contributed by atoms with Crippen LogP contribution in [0.1, 0.15) is 17.2 Å². The minimum Gasteiger partial charge on any atom is -0.316 e. The number of aryl methyl sites for hydroxylation is 1. The first-order valence-corrected chi connectivity index (χ1v) is 3.80. The number of halogens is 3. The van der Waals surface area contributed by atoms with Gasteiger partial charge in [-0.05, 0) is 12.5 Å². The largest absolute Gasteiger partial charge is 0.407 e. The number of nitrogens with two attached hydrogens (primary N) is 1. The molecule has 0 amide bonds. The van der Waals surface area contributed by atoms with E-state index < -0.39 is 12.2 Å². The summed E-state index contributed by atoms with van der Waals surface area (Å²) >= 11 is 0. The van der Waals surface area contributed by atoms with Gasteiger partial charge in [0, 0.05) is 0 Å². The van der Waals surface area contributed by atoms with Gasteiger partial charge < -0.3 is 5.73 Å². The molecule has 0 aliphatic rings. The summed E-state index contributed by atoms with van der Waals surface area (Å²) in [6.07, 6.45) is -4.37. The predicted octanol–water partition coefficient (Wildman–Crippen LogP) is 2.56. The van der Waals surface area contributed by atoms with Crippen LogP contribution in [0, 0.1) is 6.92 Å². The maximum Gasteiger partial charge on any atom is 0.407 e. The van der Waals surface area contributed by atoms with Crippen LogP contribution in [0.4, 0.5) is 13.2 Å². The molecular weight excluding hydrogens is 179 g/mol. The van der Waals surface area contributed by atoms with E-state index in [0.29, 0.717) is 0 Å². The molecular formula is C9H10F3N. The highest BCUT2D eigenvalue weighted by molar-refractivity contribution is 5.25. The van der Waals surface area contributed by atoms with Crippen LogP contribution in [-0.2, 0) is 0 Å². The second kappa shape index (κ2) is 3.38. The van der Waals surface area contributed by atoms with Crippen LogP contribution < -0.4 is 5.73 Å². The lowest BCUT2D eigenvalue weighted by atomic mass is 10.1. The average molecular weight is 189 g/mol. The summed E-state index contributed by atoms with van der Waals surface area (Å²) < 4.78 is 36.4. The average Bonchev–Trinajstić information content (AvgIpc) is 2.01. The van der Waals surface area contributed by atoms with Crippen LogP contribution in [0.5, 0.6) is 0 Å². The fraction of sp³-hybridized carbons (Fsp3) is 0.333. The van der Waals surface area contributed by atoms with Crippen LogP contribution in [0.25, 0.3) is 0 Å². The molecule has 0 saturated carbocycles. The summed E-state index contributed by atoms with van der Waals surface area (Å²) in [5.74, 6) is 0. The molecule has 1 unspecified atom stereocenters. The van der Waals surface area contributed by atoms with E-state index in [2.05, 4.69) is 0 Å². The molecule has 72 valence electrons. The molecule has 0 aliphatic heterocycles. The van der Waals surface area contributed by atoms with Crippen molar-refractivity contribution in [1.29, 1.82) is 0 Å². The number of benzene rings is 1. The third-order valence-corrected chi connectivity index (χ3v) is 1.75. The summed E-state index contributed by atoms with van der Waals surface area (Å²) in [6.45, 7) is 1.73. The Hall–Kier alpha value is -1.03.